The summed E-state index contributed by atoms with van der Waals surface area (Å²) >= 11 is 0. The van der Waals surface area contributed by atoms with Gasteiger partial charge in [0.2, 0.25) is 0 Å². The normalized spacial score (nSPS) is 38.9. The van der Waals surface area contributed by atoms with Gasteiger partial charge in [0.1, 0.15) is 9.84 Å². The molecule has 0 atom stereocenters. The molecule has 0 radical (unpaired) electrons. The predicted molar refractivity (Wildman–Crippen MR) is 56.7 cm³/mol. The van der Waals surface area contributed by atoms with Gasteiger partial charge in [0.15, 0.2) is 0 Å². The van der Waals surface area contributed by atoms with Gasteiger partial charge in [-0.2, -0.15) is 0 Å². The topological polar surface area (TPSA) is 91.7 Å². The van der Waals surface area contributed by atoms with Gasteiger partial charge < -0.3 is 10.2 Å². The Labute approximate surface area is 94.4 Å². The Kier molecular flexibility index (Phi) is 2.74. The molecule has 1 saturated heterocycles. The lowest BCUT2D eigenvalue weighted by molar-refractivity contribution is -0.171. The monoisotopic (exact) mass is 248 g/mol. The molecule has 1 saturated carbocycles. The van der Waals surface area contributed by atoms with Crippen LogP contribution in [0.2, 0.25) is 0 Å². The van der Waals surface area contributed by atoms with E-state index in [0.717, 1.165) is 0 Å². The molecule has 0 aromatic rings. The van der Waals surface area contributed by atoms with E-state index in [9.17, 15) is 23.4 Å². The van der Waals surface area contributed by atoms with Crippen molar-refractivity contribution < 1.29 is 23.4 Å². The maximum atomic E-state index is 11.3. The van der Waals surface area contributed by atoms with Crippen LogP contribution in [-0.4, -0.2) is 42.2 Å². The van der Waals surface area contributed by atoms with Crippen molar-refractivity contribution in [2.75, 3.05) is 11.5 Å². The lowest BCUT2D eigenvalue weighted by Gasteiger charge is -2.48. The molecular weight excluding hydrogens is 232 g/mol. The fourth-order valence-corrected chi connectivity index (χ4v) is 4.40. The van der Waals surface area contributed by atoms with Crippen LogP contribution in [0.3, 0.4) is 0 Å². The number of hydrogen-bond donors (Lipinski definition) is 2. The zero-order valence-corrected chi connectivity index (χ0v) is 9.74. The maximum absolute atomic E-state index is 11.3. The van der Waals surface area contributed by atoms with Gasteiger partial charge >= 0.3 is 5.97 Å². The van der Waals surface area contributed by atoms with E-state index in [-0.39, 0.29) is 30.3 Å². The van der Waals surface area contributed by atoms with Gasteiger partial charge in [0.05, 0.1) is 23.0 Å². The van der Waals surface area contributed by atoms with Crippen LogP contribution in [0.4, 0.5) is 0 Å². The Morgan fingerprint density at radius 1 is 1.19 bits per heavy atom. The van der Waals surface area contributed by atoms with Crippen LogP contribution in [-0.2, 0) is 14.6 Å². The highest BCUT2D eigenvalue weighted by atomic mass is 32.2. The summed E-state index contributed by atoms with van der Waals surface area (Å²) in [6.45, 7) is 0. The molecule has 6 heteroatoms. The molecule has 2 rings (SSSR count). The molecule has 92 valence electrons. The first-order valence-corrected chi connectivity index (χ1v) is 7.30. The first-order valence-electron chi connectivity index (χ1n) is 5.48. The Morgan fingerprint density at radius 3 is 2.06 bits per heavy atom. The molecule has 0 spiro atoms. The minimum Gasteiger partial charge on any atom is -0.481 e. The van der Waals surface area contributed by atoms with Crippen LogP contribution in [0, 0.1) is 11.3 Å². The summed E-state index contributed by atoms with van der Waals surface area (Å²) in [5, 5.41) is 18.5. The van der Waals surface area contributed by atoms with Crippen molar-refractivity contribution in [1.29, 1.82) is 0 Å². The molecule has 1 aliphatic carbocycles. The van der Waals surface area contributed by atoms with E-state index >= 15 is 0 Å². The molecule has 0 aromatic heterocycles. The Bertz CT molecular complexity index is 379. The number of carboxylic acid groups (broad SMARTS) is 1. The molecule has 0 amide bonds. The molecule has 2 aliphatic rings. The molecule has 5 nitrogen and oxygen atoms in total. The summed E-state index contributed by atoms with van der Waals surface area (Å²) in [6, 6.07) is 0. The van der Waals surface area contributed by atoms with Crippen molar-refractivity contribution in [3.05, 3.63) is 0 Å². The number of rotatable bonds is 2. The van der Waals surface area contributed by atoms with E-state index in [2.05, 4.69) is 0 Å². The SMILES string of the molecule is O=C(O)C1(C2CCS(=O)(=O)CC2)CC(O)C1. The zero-order valence-electron chi connectivity index (χ0n) is 8.92. The lowest BCUT2D eigenvalue weighted by atomic mass is 9.58. The van der Waals surface area contributed by atoms with Crippen molar-refractivity contribution in [2.45, 2.75) is 31.8 Å². The molecule has 0 bridgehead atoms. The summed E-state index contributed by atoms with van der Waals surface area (Å²) in [5.74, 6) is -0.815. The predicted octanol–water partition coefficient (Wildman–Crippen LogP) is 0.0369. The van der Waals surface area contributed by atoms with Gasteiger partial charge in [-0.15, -0.1) is 0 Å². The smallest absolute Gasteiger partial charge is 0.310 e. The summed E-state index contributed by atoms with van der Waals surface area (Å²) in [7, 11) is -2.95. The Hall–Kier alpha value is -0.620. The molecule has 0 aromatic carbocycles. The summed E-state index contributed by atoms with van der Waals surface area (Å²) < 4.78 is 22.5. The van der Waals surface area contributed by atoms with Gasteiger partial charge in [-0.25, -0.2) is 8.42 Å². The minimum absolute atomic E-state index is 0.0861. The molecular formula is C10H16O5S. The van der Waals surface area contributed by atoms with Crippen LogP contribution >= 0.6 is 0 Å². The van der Waals surface area contributed by atoms with E-state index in [4.69, 9.17) is 0 Å². The van der Waals surface area contributed by atoms with Crippen LogP contribution in [0.1, 0.15) is 25.7 Å². The number of aliphatic carboxylic acids is 1. The van der Waals surface area contributed by atoms with Crippen molar-refractivity contribution in [3.8, 4) is 0 Å². The number of carboxylic acids is 1. The highest BCUT2D eigenvalue weighted by molar-refractivity contribution is 7.91. The van der Waals surface area contributed by atoms with E-state index in [1.807, 2.05) is 0 Å². The maximum Gasteiger partial charge on any atom is 0.310 e. The molecule has 0 unspecified atom stereocenters. The van der Waals surface area contributed by atoms with Crippen molar-refractivity contribution >= 4 is 15.8 Å². The molecule has 16 heavy (non-hydrogen) atoms. The van der Waals surface area contributed by atoms with Crippen molar-refractivity contribution in [3.63, 3.8) is 0 Å². The molecule has 2 N–H and O–H groups in total. The van der Waals surface area contributed by atoms with Gasteiger partial charge in [0, 0.05) is 0 Å². The number of aliphatic hydroxyl groups is 1. The van der Waals surface area contributed by atoms with E-state index in [0.29, 0.717) is 12.8 Å². The molecule has 1 aliphatic heterocycles. The summed E-state index contributed by atoms with van der Waals surface area (Å²) in [6.07, 6.45) is 0.845. The number of hydrogen-bond acceptors (Lipinski definition) is 4. The fraction of sp³-hybridized carbons (Fsp3) is 0.900. The first-order chi connectivity index (χ1) is 7.36. The minimum atomic E-state index is -2.95. The van der Waals surface area contributed by atoms with Gasteiger partial charge in [0.25, 0.3) is 0 Å². The van der Waals surface area contributed by atoms with Gasteiger partial charge in [-0.3, -0.25) is 4.79 Å². The van der Waals surface area contributed by atoms with Crippen molar-refractivity contribution in [1.82, 2.24) is 0 Å². The lowest BCUT2D eigenvalue weighted by Crippen LogP contribution is -2.53. The average molecular weight is 248 g/mol. The number of aliphatic hydroxyl groups excluding tert-OH is 1. The largest absolute Gasteiger partial charge is 0.481 e. The second-order valence-corrected chi connectivity index (χ2v) is 7.25. The quantitative estimate of drug-likeness (QED) is 0.719. The zero-order chi connectivity index (χ0) is 12.0. The first kappa shape index (κ1) is 11.9. The van der Waals surface area contributed by atoms with E-state index in [1.165, 1.54) is 0 Å². The van der Waals surface area contributed by atoms with Crippen LogP contribution in [0.15, 0.2) is 0 Å². The number of sulfone groups is 1. The third-order valence-electron chi connectivity index (χ3n) is 3.96. The standard InChI is InChI=1S/C10H16O5S/c11-8-5-10(6-8,9(12)13)7-1-3-16(14,15)4-2-7/h7-8,11H,1-6H2,(H,12,13). The number of carbonyl (C=O) groups is 1. The Balaban J connectivity index is 2.10. The van der Waals surface area contributed by atoms with Gasteiger partial charge in [-0.1, -0.05) is 0 Å². The third-order valence-corrected chi connectivity index (χ3v) is 5.68. The van der Waals surface area contributed by atoms with E-state index < -0.39 is 27.3 Å². The van der Waals surface area contributed by atoms with Crippen molar-refractivity contribution in [2.24, 2.45) is 11.3 Å². The summed E-state index contributed by atoms with van der Waals surface area (Å²) in [4.78, 5) is 11.2. The second kappa shape index (κ2) is 3.70. The third kappa shape index (κ3) is 1.84. The van der Waals surface area contributed by atoms with Gasteiger partial charge in [-0.05, 0) is 31.6 Å². The van der Waals surface area contributed by atoms with E-state index in [1.54, 1.807) is 0 Å². The highest BCUT2D eigenvalue weighted by Crippen LogP contribution is 2.51. The highest BCUT2D eigenvalue weighted by Gasteiger charge is 2.55. The van der Waals surface area contributed by atoms with Crippen LogP contribution < -0.4 is 0 Å². The fourth-order valence-electron chi connectivity index (χ4n) is 2.91. The second-order valence-electron chi connectivity index (χ2n) is 4.95. The molecule has 2 fully saturated rings. The van der Waals surface area contributed by atoms with Crippen LogP contribution in [0.25, 0.3) is 0 Å². The Morgan fingerprint density at radius 2 is 1.69 bits per heavy atom. The summed E-state index contributed by atoms with van der Waals surface area (Å²) in [5.41, 5.74) is -0.866. The molecule has 1 heterocycles. The average Bonchev–Trinajstić information content (AvgIpc) is 2.12. The van der Waals surface area contributed by atoms with Crippen LogP contribution in [0.5, 0.6) is 0 Å².